The van der Waals surface area contributed by atoms with E-state index in [1.807, 2.05) is 36.4 Å². The van der Waals surface area contributed by atoms with Gasteiger partial charge in [0.25, 0.3) is 5.91 Å². The van der Waals surface area contributed by atoms with Crippen molar-refractivity contribution in [1.29, 1.82) is 0 Å². The molecule has 0 spiro atoms. The van der Waals surface area contributed by atoms with Crippen molar-refractivity contribution < 1.29 is 4.79 Å². The van der Waals surface area contributed by atoms with Crippen molar-refractivity contribution in [2.75, 3.05) is 0 Å². The Morgan fingerprint density at radius 2 is 1.61 bits per heavy atom. The number of rotatable bonds is 3. The van der Waals surface area contributed by atoms with Gasteiger partial charge in [0.1, 0.15) is 0 Å². The maximum atomic E-state index is 13.7. The first kappa shape index (κ1) is 19.6. The fraction of sp³-hybridized carbons (Fsp3) is 0.385. The van der Waals surface area contributed by atoms with Gasteiger partial charge in [-0.2, -0.15) is 0 Å². The first-order chi connectivity index (χ1) is 15.0. The van der Waals surface area contributed by atoms with Crippen molar-refractivity contribution in [2.45, 2.75) is 44.1 Å². The van der Waals surface area contributed by atoms with Crippen molar-refractivity contribution in [3.8, 4) is 11.3 Å². The van der Waals surface area contributed by atoms with Gasteiger partial charge in [0, 0.05) is 21.5 Å². The summed E-state index contributed by atoms with van der Waals surface area (Å²) in [7, 11) is 0. The van der Waals surface area contributed by atoms with E-state index < -0.39 is 0 Å². The number of halogens is 2. The lowest BCUT2D eigenvalue weighted by Crippen LogP contribution is -2.59. The van der Waals surface area contributed by atoms with Crippen LogP contribution in [-0.4, -0.2) is 16.4 Å². The van der Waals surface area contributed by atoms with Crippen LogP contribution in [0.2, 0.25) is 10.0 Å². The molecule has 4 aliphatic rings. The molecule has 4 fully saturated rings. The third-order valence-corrected chi connectivity index (χ3v) is 8.13. The minimum absolute atomic E-state index is 0.00638. The van der Waals surface area contributed by atoms with Crippen molar-refractivity contribution in [1.82, 2.24) is 10.3 Å². The molecule has 0 atom stereocenters. The van der Waals surface area contributed by atoms with Gasteiger partial charge in [-0.3, -0.25) is 4.79 Å². The minimum Gasteiger partial charge on any atom is -0.347 e. The van der Waals surface area contributed by atoms with E-state index in [1.54, 1.807) is 12.1 Å². The zero-order valence-corrected chi connectivity index (χ0v) is 18.7. The molecular formula is C26H24Cl2N2O. The Kier molecular flexibility index (Phi) is 4.56. The molecule has 0 radical (unpaired) electrons. The van der Waals surface area contributed by atoms with Crippen LogP contribution in [0, 0.1) is 17.8 Å². The summed E-state index contributed by atoms with van der Waals surface area (Å²) in [4.78, 5) is 18.5. The van der Waals surface area contributed by atoms with Gasteiger partial charge < -0.3 is 5.32 Å². The average Bonchev–Trinajstić information content (AvgIpc) is 2.71. The smallest absolute Gasteiger partial charge is 0.252 e. The number of hydrogen-bond donors (Lipinski definition) is 1. The molecule has 31 heavy (non-hydrogen) atoms. The van der Waals surface area contributed by atoms with Gasteiger partial charge in [0.05, 0.1) is 21.8 Å². The number of nitrogens with one attached hydrogen (secondary N) is 1. The molecule has 1 aromatic heterocycles. The molecule has 1 amide bonds. The van der Waals surface area contributed by atoms with Crippen LogP contribution < -0.4 is 5.32 Å². The second-order valence-electron chi connectivity index (χ2n) is 9.85. The highest BCUT2D eigenvalue weighted by Crippen LogP contribution is 2.55. The molecular weight excluding hydrogens is 427 g/mol. The molecule has 1 N–H and O–H groups in total. The Morgan fingerprint density at radius 1 is 0.935 bits per heavy atom. The molecule has 7 rings (SSSR count). The summed E-state index contributed by atoms with van der Waals surface area (Å²) >= 11 is 12.6. The maximum Gasteiger partial charge on any atom is 0.252 e. The van der Waals surface area contributed by atoms with Gasteiger partial charge in [0.2, 0.25) is 0 Å². The minimum atomic E-state index is -0.0334. The van der Waals surface area contributed by atoms with Crippen LogP contribution in [0.15, 0.2) is 48.5 Å². The molecule has 0 saturated heterocycles. The van der Waals surface area contributed by atoms with E-state index in [0.717, 1.165) is 53.5 Å². The van der Waals surface area contributed by atoms with Crippen molar-refractivity contribution in [2.24, 2.45) is 17.8 Å². The predicted octanol–water partition coefficient (Wildman–Crippen LogP) is 6.91. The Labute approximate surface area is 192 Å². The van der Waals surface area contributed by atoms with Crippen LogP contribution in [0.3, 0.4) is 0 Å². The molecule has 158 valence electrons. The maximum absolute atomic E-state index is 13.7. The van der Waals surface area contributed by atoms with Gasteiger partial charge >= 0.3 is 0 Å². The van der Waals surface area contributed by atoms with E-state index in [9.17, 15) is 4.79 Å². The number of aromatic nitrogens is 1. The van der Waals surface area contributed by atoms with Gasteiger partial charge in [-0.25, -0.2) is 4.98 Å². The van der Waals surface area contributed by atoms with Gasteiger partial charge in [-0.1, -0.05) is 41.4 Å². The van der Waals surface area contributed by atoms with E-state index in [4.69, 9.17) is 28.2 Å². The number of pyridine rings is 1. The summed E-state index contributed by atoms with van der Waals surface area (Å²) in [5.74, 6) is 2.35. The van der Waals surface area contributed by atoms with Crippen molar-refractivity contribution >= 4 is 40.0 Å². The Morgan fingerprint density at radius 3 is 2.29 bits per heavy atom. The number of carbonyl (C=O) groups is 1. The fourth-order valence-electron chi connectivity index (χ4n) is 6.77. The first-order valence-corrected chi connectivity index (χ1v) is 11.9. The second kappa shape index (κ2) is 7.21. The molecule has 1 heterocycles. The van der Waals surface area contributed by atoms with Crippen LogP contribution in [0.5, 0.6) is 0 Å². The number of fused-ring (bicyclic) bond motifs is 1. The lowest BCUT2D eigenvalue weighted by atomic mass is 9.53. The van der Waals surface area contributed by atoms with E-state index in [1.165, 1.54) is 19.3 Å². The van der Waals surface area contributed by atoms with Crippen LogP contribution in [0.25, 0.3) is 22.2 Å². The highest BCUT2D eigenvalue weighted by molar-refractivity contribution is 6.36. The molecule has 0 unspecified atom stereocenters. The highest BCUT2D eigenvalue weighted by Gasteiger charge is 2.51. The SMILES string of the molecule is O=C(NC12CC3CC(CC(C3)C1)C2)c1cc(-c2ccc(Cl)cc2Cl)nc2ccccc12. The van der Waals surface area contributed by atoms with Crippen molar-refractivity contribution in [3.05, 3.63) is 64.1 Å². The third kappa shape index (κ3) is 3.43. The summed E-state index contributed by atoms with van der Waals surface area (Å²) in [5, 5.41) is 5.50. The number of nitrogens with zero attached hydrogens (tertiary/aromatic N) is 1. The topological polar surface area (TPSA) is 42.0 Å². The van der Waals surface area contributed by atoms with Crippen LogP contribution >= 0.6 is 23.2 Å². The van der Waals surface area contributed by atoms with Crippen LogP contribution in [0.4, 0.5) is 0 Å². The molecule has 4 saturated carbocycles. The van der Waals surface area contributed by atoms with Gasteiger partial charge in [-0.05, 0) is 86.6 Å². The zero-order chi connectivity index (χ0) is 21.2. The molecule has 4 aliphatic carbocycles. The third-order valence-electron chi connectivity index (χ3n) is 7.58. The van der Waals surface area contributed by atoms with Crippen molar-refractivity contribution in [3.63, 3.8) is 0 Å². The summed E-state index contributed by atoms with van der Waals surface area (Å²) in [6, 6.07) is 15.1. The quantitative estimate of drug-likeness (QED) is 0.470. The molecule has 2 aromatic carbocycles. The van der Waals surface area contributed by atoms with Gasteiger partial charge in [-0.15, -0.1) is 0 Å². The molecule has 0 aliphatic heterocycles. The largest absolute Gasteiger partial charge is 0.347 e. The Hall–Kier alpha value is -2.10. The van der Waals surface area contributed by atoms with E-state index in [2.05, 4.69) is 5.32 Å². The Balaban J connectivity index is 1.41. The van der Waals surface area contributed by atoms with Gasteiger partial charge in [0.15, 0.2) is 0 Å². The highest BCUT2D eigenvalue weighted by atomic mass is 35.5. The molecule has 4 bridgehead atoms. The summed E-state index contributed by atoms with van der Waals surface area (Å²) in [5.41, 5.74) is 2.90. The predicted molar refractivity (Wildman–Crippen MR) is 126 cm³/mol. The number of benzene rings is 2. The monoisotopic (exact) mass is 450 g/mol. The van der Waals surface area contributed by atoms with Crippen LogP contribution in [0.1, 0.15) is 48.9 Å². The molecule has 3 aromatic rings. The lowest BCUT2D eigenvalue weighted by molar-refractivity contribution is -0.0166. The summed E-state index contributed by atoms with van der Waals surface area (Å²) in [6.45, 7) is 0. The number of para-hydroxylation sites is 1. The summed E-state index contributed by atoms with van der Waals surface area (Å²) in [6.07, 6.45) is 7.45. The standard InChI is InChI=1S/C26H24Cl2N2O/c27-18-5-6-20(22(28)10-18)24-11-21(19-3-1-2-4-23(19)29-24)25(31)30-26-12-15-7-16(13-26)9-17(8-15)14-26/h1-6,10-11,15-17H,7-9,12-14H2,(H,30,31). The lowest BCUT2D eigenvalue weighted by Gasteiger charge is -2.56. The van der Waals surface area contributed by atoms with E-state index in [-0.39, 0.29) is 11.4 Å². The number of hydrogen-bond acceptors (Lipinski definition) is 2. The Bertz CT molecular complexity index is 1170. The van der Waals surface area contributed by atoms with Crippen LogP contribution in [-0.2, 0) is 0 Å². The van der Waals surface area contributed by atoms with E-state index in [0.29, 0.717) is 21.3 Å². The van der Waals surface area contributed by atoms with E-state index >= 15 is 0 Å². The average molecular weight is 451 g/mol. The zero-order valence-electron chi connectivity index (χ0n) is 17.2. The fourth-order valence-corrected chi connectivity index (χ4v) is 7.28. The second-order valence-corrected chi connectivity index (χ2v) is 10.7. The first-order valence-electron chi connectivity index (χ1n) is 11.2. The number of amides is 1. The summed E-state index contributed by atoms with van der Waals surface area (Å²) < 4.78 is 0. The molecule has 5 heteroatoms. The normalized spacial score (nSPS) is 28.8. The molecule has 3 nitrogen and oxygen atoms in total. The number of carbonyl (C=O) groups excluding carboxylic acids is 1.